The minimum absolute atomic E-state index is 0.0294. The number of anilines is 1. The maximum absolute atomic E-state index is 12.9. The topological polar surface area (TPSA) is 100 Å². The highest BCUT2D eigenvalue weighted by Crippen LogP contribution is 2.35. The van der Waals surface area contributed by atoms with Crippen molar-refractivity contribution in [3.63, 3.8) is 0 Å². The Kier molecular flexibility index (Phi) is 5.19. The lowest BCUT2D eigenvalue weighted by Crippen LogP contribution is -2.55. The number of hydrogen-bond acceptors (Lipinski definition) is 6. The van der Waals surface area contributed by atoms with E-state index in [9.17, 15) is 9.59 Å². The van der Waals surface area contributed by atoms with Crippen LogP contribution in [0.4, 0.5) is 5.82 Å². The quantitative estimate of drug-likeness (QED) is 0.729. The molecule has 0 aromatic carbocycles. The molecular formula is C17H25N5O2S. The first-order chi connectivity index (χ1) is 11.9. The summed E-state index contributed by atoms with van der Waals surface area (Å²) in [6.45, 7) is 5.16. The van der Waals surface area contributed by atoms with Crippen molar-refractivity contribution in [1.29, 1.82) is 0 Å². The van der Waals surface area contributed by atoms with Crippen LogP contribution in [0.15, 0.2) is 18.3 Å². The van der Waals surface area contributed by atoms with Crippen molar-refractivity contribution in [2.45, 2.75) is 50.1 Å². The molecule has 0 bridgehead atoms. The molecular weight excluding hydrogens is 338 g/mol. The van der Waals surface area contributed by atoms with Crippen LogP contribution in [0.5, 0.6) is 0 Å². The van der Waals surface area contributed by atoms with Gasteiger partial charge in [0.25, 0.3) is 0 Å². The van der Waals surface area contributed by atoms with Gasteiger partial charge in [-0.2, -0.15) is 0 Å². The van der Waals surface area contributed by atoms with Gasteiger partial charge in [-0.05, 0) is 38.3 Å². The van der Waals surface area contributed by atoms with Gasteiger partial charge in [-0.15, -0.1) is 11.8 Å². The van der Waals surface area contributed by atoms with Gasteiger partial charge in [0.1, 0.15) is 17.9 Å². The van der Waals surface area contributed by atoms with Gasteiger partial charge in [-0.1, -0.05) is 6.07 Å². The van der Waals surface area contributed by atoms with Crippen molar-refractivity contribution >= 4 is 29.4 Å². The summed E-state index contributed by atoms with van der Waals surface area (Å²) in [4.78, 5) is 31.3. The Morgan fingerprint density at radius 1 is 1.48 bits per heavy atom. The van der Waals surface area contributed by atoms with Crippen molar-refractivity contribution in [1.82, 2.24) is 20.5 Å². The Morgan fingerprint density at radius 3 is 2.92 bits per heavy atom. The van der Waals surface area contributed by atoms with E-state index in [4.69, 9.17) is 5.73 Å². The highest BCUT2D eigenvalue weighted by atomic mass is 32.2. The van der Waals surface area contributed by atoms with E-state index in [1.54, 1.807) is 28.9 Å². The van der Waals surface area contributed by atoms with Crippen LogP contribution in [0.2, 0.25) is 0 Å². The SMILES string of the molecule is CC1(C)SCN[C@H]1C(=O)N1CCC[C@H]1C(=O)NCc1ccc(N)nc1. The first-order valence-corrected chi connectivity index (χ1v) is 9.53. The van der Waals surface area contributed by atoms with Gasteiger partial charge >= 0.3 is 0 Å². The van der Waals surface area contributed by atoms with Gasteiger partial charge < -0.3 is 16.0 Å². The molecule has 3 heterocycles. The number of thioether (sulfide) groups is 1. The second kappa shape index (κ2) is 7.21. The lowest BCUT2D eigenvalue weighted by molar-refractivity contribution is -0.140. The zero-order valence-corrected chi connectivity index (χ0v) is 15.4. The van der Waals surface area contributed by atoms with Gasteiger partial charge in [-0.3, -0.25) is 14.9 Å². The Labute approximate surface area is 152 Å². The average Bonchev–Trinajstić information content (AvgIpc) is 3.19. The number of carbonyl (C=O) groups excluding carboxylic acids is 2. The predicted octanol–water partition coefficient (Wildman–Crippen LogP) is 0.712. The number of amides is 2. The van der Waals surface area contributed by atoms with E-state index >= 15 is 0 Å². The van der Waals surface area contributed by atoms with Crippen molar-refractivity contribution in [3.05, 3.63) is 23.9 Å². The summed E-state index contributed by atoms with van der Waals surface area (Å²) in [5.74, 6) is 1.14. The number of rotatable bonds is 4. The Morgan fingerprint density at radius 2 is 2.28 bits per heavy atom. The summed E-state index contributed by atoms with van der Waals surface area (Å²) >= 11 is 1.74. The minimum atomic E-state index is -0.391. The largest absolute Gasteiger partial charge is 0.384 e. The molecule has 136 valence electrons. The van der Waals surface area contributed by atoms with E-state index in [-0.39, 0.29) is 22.6 Å². The molecule has 1 aromatic rings. The molecule has 7 nitrogen and oxygen atoms in total. The van der Waals surface area contributed by atoms with Crippen LogP contribution in [0, 0.1) is 0 Å². The summed E-state index contributed by atoms with van der Waals surface area (Å²) in [5.41, 5.74) is 6.45. The van der Waals surface area contributed by atoms with Crippen molar-refractivity contribution in [2.75, 3.05) is 18.2 Å². The van der Waals surface area contributed by atoms with E-state index in [2.05, 4.69) is 29.5 Å². The van der Waals surface area contributed by atoms with E-state index < -0.39 is 6.04 Å². The first-order valence-electron chi connectivity index (χ1n) is 8.54. The fraction of sp³-hybridized carbons (Fsp3) is 0.588. The molecule has 0 aliphatic carbocycles. The molecule has 4 N–H and O–H groups in total. The number of carbonyl (C=O) groups is 2. The van der Waals surface area contributed by atoms with Gasteiger partial charge in [0.15, 0.2) is 0 Å². The third-order valence-corrected chi connectivity index (χ3v) is 6.12. The Hall–Kier alpha value is -1.80. The number of pyridine rings is 1. The summed E-state index contributed by atoms with van der Waals surface area (Å²) in [7, 11) is 0. The van der Waals surface area contributed by atoms with E-state index in [1.807, 2.05) is 6.07 Å². The molecule has 2 aliphatic rings. The predicted molar refractivity (Wildman–Crippen MR) is 98.7 cm³/mol. The minimum Gasteiger partial charge on any atom is -0.384 e. The molecule has 2 amide bonds. The van der Waals surface area contributed by atoms with Crippen molar-refractivity contribution < 1.29 is 9.59 Å². The number of aromatic nitrogens is 1. The van der Waals surface area contributed by atoms with Crippen LogP contribution in [0.25, 0.3) is 0 Å². The zero-order chi connectivity index (χ0) is 18.0. The Bertz CT molecular complexity index is 649. The number of nitrogen functional groups attached to an aromatic ring is 1. The number of nitrogens with two attached hydrogens (primary N) is 1. The number of nitrogens with zero attached hydrogens (tertiary/aromatic N) is 2. The molecule has 0 radical (unpaired) electrons. The fourth-order valence-electron chi connectivity index (χ4n) is 3.34. The van der Waals surface area contributed by atoms with Crippen LogP contribution in [-0.2, 0) is 16.1 Å². The second-order valence-electron chi connectivity index (χ2n) is 7.03. The molecule has 8 heteroatoms. The number of nitrogens with one attached hydrogen (secondary N) is 2. The third kappa shape index (κ3) is 3.90. The van der Waals surface area contributed by atoms with Crippen molar-refractivity contribution in [3.8, 4) is 0 Å². The molecule has 2 saturated heterocycles. The van der Waals surface area contributed by atoms with Crippen LogP contribution in [-0.4, -0.2) is 51.0 Å². The maximum atomic E-state index is 12.9. The zero-order valence-electron chi connectivity index (χ0n) is 14.6. The van der Waals surface area contributed by atoms with Crippen LogP contribution < -0.4 is 16.4 Å². The molecule has 2 atom stereocenters. The summed E-state index contributed by atoms with van der Waals surface area (Å²) < 4.78 is -0.156. The van der Waals surface area contributed by atoms with Crippen LogP contribution in [0.3, 0.4) is 0 Å². The van der Waals surface area contributed by atoms with Gasteiger partial charge in [0, 0.05) is 29.9 Å². The Balaban J connectivity index is 1.61. The highest BCUT2D eigenvalue weighted by Gasteiger charge is 2.45. The smallest absolute Gasteiger partial charge is 0.243 e. The molecule has 25 heavy (non-hydrogen) atoms. The molecule has 0 spiro atoms. The first kappa shape index (κ1) is 18.0. The monoisotopic (exact) mass is 363 g/mol. The highest BCUT2D eigenvalue weighted by molar-refractivity contribution is 8.00. The van der Waals surface area contributed by atoms with Gasteiger partial charge in [0.05, 0.1) is 0 Å². The van der Waals surface area contributed by atoms with Crippen LogP contribution >= 0.6 is 11.8 Å². The summed E-state index contributed by atoms with van der Waals surface area (Å²) in [5, 5.41) is 6.18. The maximum Gasteiger partial charge on any atom is 0.243 e. The van der Waals surface area contributed by atoms with Crippen LogP contribution in [0.1, 0.15) is 32.3 Å². The lowest BCUT2D eigenvalue weighted by Gasteiger charge is -2.31. The molecule has 3 rings (SSSR count). The molecule has 0 saturated carbocycles. The summed E-state index contributed by atoms with van der Waals surface area (Å²) in [6, 6.07) is 2.91. The molecule has 1 aromatic heterocycles. The average molecular weight is 363 g/mol. The molecule has 2 fully saturated rings. The third-order valence-electron chi connectivity index (χ3n) is 4.83. The fourth-order valence-corrected chi connectivity index (χ4v) is 4.31. The molecule has 2 aliphatic heterocycles. The normalized spacial score (nSPS) is 25.1. The van der Waals surface area contributed by atoms with E-state index in [0.29, 0.717) is 25.3 Å². The number of likely N-dealkylation sites (tertiary alicyclic amines) is 1. The van der Waals surface area contributed by atoms with Gasteiger partial charge in [0.2, 0.25) is 11.8 Å². The van der Waals surface area contributed by atoms with E-state index in [1.165, 1.54) is 0 Å². The second-order valence-corrected chi connectivity index (χ2v) is 8.66. The standard InChI is InChI=1S/C17H25N5O2S/c1-17(2)14(21-10-25-17)16(24)22-7-3-4-12(22)15(23)20-9-11-5-6-13(18)19-8-11/h5-6,8,12,14,21H,3-4,7,9-10H2,1-2H3,(H2,18,19)(H,20,23)/t12-,14-/m0/s1. The summed E-state index contributed by atoms with van der Waals surface area (Å²) in [6.07, 6.45) is 3.21. The number of hydrogen-bond donors (Lipinski definition) is 3. The lowest BCUT2D eigenvalue weighted by atomic mass is 10.0. The molecule has 0 unspecified atom stereocenters. The van der Waals surface area contributed by atoms with Crippen molar-refractivity contribution in [2.24, 2.45) is 0 Å². The van der Waals surface area contributed by atoms with Gasteiger partial charge in [-0.25, -0.2) is 4.98 Å². The van der Waals surface area contributed by atoms with E-state index in [0.717, 1.165) is 17.9 Å².